The third-order valence-electron chi connectivity index (χ3n) is 3.72. The average molecular weight is 284 g/mol. The number of carboxylic acid groups (broad SMARTS) is 1. The van der Waals surface area contributed by atoms with Crippen molar-refractivity contribution in [1.82, 2.24) is 0 Å². The highest BCUT2D eigenvalue weighted by molar-refractivity contribution is 6.30. The number of nitrogens with zero attached hydrogens (tertiary/aromatic N) is 1. The molecule has 1 aromatic carbocycles. The van der Waals surface area contributed by atoms with Gasteiger partial charge in [0, 0.05) is 10.7 Å². The Bertz CT molecular complexity index is 458. The summed E-state index contributed by atoms with van der Waals surface area (Å²) >= 11 is 5.85. The predicted molar refractivity (Wildman–Crippen MR) is 74.7 cm³/mol. The first kappa shape index (κ1) is 14.2. The van der Waals surface area contributed by atoms with Gasteiger partial charge in [-0.1, -0.05) is 11.6 Å². The summed E-state index contributed by atoms with van der Waals surface area (Å²) in [6.07, 6.45) is 2.39. The lowest BCUT2D eigenvalue weighted by Gasteiger charge is -2.37. The second kappa shape index (κ2) is 5.39. The van der Waals surface area contributed by atoms with Crippen molar-refractivity contribution in [3.05, 3.63) is 29.3 Å². The maximum atomic E-state index is 11.1. The molecule has 0 bridgehead atoms. The minimum atomic E-state index is -0.905. The first-order chi connectivity index (χ1) is 8.90. The van der Waals surface area contributed by atoms with Crippen LogP contribution in [0.15, 0.2) is 24.3 Å². The van der Waals surface area contributed by atoms with E-state index in [0.29, 0.717) is 11.4 Å². The number of anilines is 1. The van der Waals surface area contributed by atoms with Crippen molar-refractivity contribution in [3.8, 4) is 0 Å². The Hall–Kier alpha value is -1.26. The fourth-order valence-corrected chi connectivity index (χ4v) is 2.91. The Morgan fingerprint density at radius 1 is 1.47 bits per heavy atom. The van der Waals surface area contributed by atoms with Crippen LogP contribution < -0.4 is 4.90 Å². The van der Waals surface area contributed by atoms with Gasteiger partial charge in [-0.25, -0.2) is 0 Å². The Balaban J connectivity index is 2.30. The van der Waals surface area contributed by atoms with Crippen LogP contribution in [0.2, 0.25) is 5.02 Å². The predicted octanol–water partition coefficient (Wildman–Crippen LogP) is 2.53. The monoisotopic (exact) mass is 283 g/mol. The molecule has 2 unspecified atom stereocenters. The maximum absolute atomic E-state index is 11.1. The van der Waals surface area contributed by atoms with E-state index in [-0.39, 0.29) is 12.6 Å². The van der Waals surface area contributed by atoms with Crippen molar-refractivity contribution < 1.29 is 15.0 Å². The molecule has 0 aromatic heterocycles. The average Bonchev–Trinajstić information content (AvgIpc) is 2.67. The van der Waals surface area contributed by atoms with Gasteiger partial charge >= 0.3 is 5.97 Å². The lowest BCUT2D eigenvalue weighted by molar-refractivity contribution is -0.135. The quantitative estimate of drug-likeness (QED) is 0.891. The van der Waals surface area contributed by atoms with Crippen molar-refractivity contribution in [2.45, 2.75) is 37.8 Å². The van der Waals surface area contributed by atoms with Gasteiger partial charge in [0.2, 0.25) is 0 Å². The summed E-state index contributed by atoms with van der Waals surface area (Å²) < 4.78 is 0. The summed E-state index contributed by atoms with van der Waals surface area (Å²) in [6, 6.07) is 6.87. The van der Waals surface area contributed by atoms with Crippen LogP contribution in [-0.2, 0) is 4.79 Å². The second-order valence-corrected chi connectivity index (χ2v) is 5.70. The first-order valence-corrected chi connectivity index (χ1v) is 6.74. The van der Waals surface area contributed by atoms with Gasteiger partial charge in [-0.2, -0.15) is 0 Å². The Kier molecular flexibility index (Phi) is 4.02. The molecule has 2 rings (SSSR count). The molecule has 1 saturated carbocycles. The number of hydrogen-bond donors (Lipinski definition) is 2. The number of halogens is 1. The highest BCUT2D eigenvalue weighted by Gasteiger charge is 2.41. The van der Waals surface area contributed by atoms with Crippen molar-refractivity contribution >= 4 is 23.3 Å². The molecule has 1 aliphatic rings. The smallest absolute Gasteiger partial charge is 0.323 e. The number of aliphatic hydroxyl groups is 1. The van der Waals surface area contributed by atoms with Gasteiger partial charge in [-0.3, -0.25) is 4.79 Å². The highest BCUT2D eigenvalue weighted by atomic mass is 35.5. The van der Waals surface area contributed by atoms with Crippen molar-refractivity contribution in [2.75, 3.05) is 11.4 Å². The molecule has 2 atom stereocenters. The molecule has 1 aromatic rings. The van der Waals surface area contributed by atoms with E-state index in [1.807, 2.05) is 0 Å². The Labute approximate surface area is 117 Å². The fraction of sp³-hybridized carbons (Fsp3) is 0.500. The zero-order valence-electron chi connectivity index (χ0n) is 10.8. The van der Waals surface area contributed by atoms with E-state index < -0.39 is 11.6 Å². The summed E-state index contributed by atoms with van der Waals surface area (Å²) in [5, 5.41) is 20.1. The van der Waals surface area contributed by atoms with E-state index in [1.54, 1.807) is 36.1 Å². The van der Waals surface area contributed by atoms with Crippen molar-refractivity contribution in [3.63, 3.8) is 0 Å². The lowest BCUT2D eigenvalue weighted by atomic mass is 9.98. The van der Waals surface area contributed by atoms with Crippen LogP contribution in [0.1, 0.15) is 26.2 Å². The van der Waals surface area contributed by atoms with Crippen LogP contribution in [0.25, 0.3) is 0 Å². The summed E-state index contributed by atoms with van der Waals surface area (Å²) in [5.74, 6) is -0.905. The summed E-state index contributed by atoms with van der Waals surface area (Å²) in [5.41, 5.74) is -0.0753. The molecule has 2 N–H and O–H groups in total. The van der Waals surface area contributed by atoms with Crippen LogP contribution in [0.4, 0.5) is 5.69 Å². The summed E-state index contributed by atoms with van der Waals surface area (Å²) in [7, 11) is 0. The van der Waals surface area contributed by atoms with Crippen LogP contribution in [0, 0.1) is 0 Å². The minimum Gasteiger partial charge on any atom is -0.480 e. The second-order valence-electron chi connectivity index (χ2n) is 5.26. The van der Waals surface area contributed by atoms with Gasteiger partial charge in [-0.05, 0) is 50.5 Å². The van der Waals surface area contributed by atoms with Gasteiger partial charge in [0.05, 0.1) is 11.6 Å². The number of hydrogen-bond acceptors (Lipinski definition) is 3. The van der Waals surface area contributed by atoms with E-state index >= 15 is 0 Å². The molecule has 0 saturated heterocycles. The van der Waals surface area contributed by atoms with E-state index in [0.717, 1.165) is 18.5 Å². The van der Waals surface area contributed by atoms with Gasteiger partial charge in [0.25, 0.3) is 0 Å². The highest BCUT2D eigenvalue weighted by Crippen LogP contribution is 2.36. The molecule has 104 valence electrons. The molecule has 0 radical (unpaired) electrons. The number of rotatable bonds is 4. The van der Waals surface area contributed by atoms with Gasteiger partial charge in [0.15, 0.2) is 0 Å². The minimum absolute atomic E-state index is 0.123. The van der Waals surface area contributed by atoms with E-state index in [4.69, 9.17) is 16.7 Å². The van der Waals surface area contributed by atoms with Crippen LogP contribution in [0.3, 0.4) is 0 Å². The van der Waals surface area contributed by atoms with Crippen LogP contribution in [-0.4, -0.2) is 34.4 Å². The molecule has 0 spiro atoms. The Morgan fingerprint density at radius 3 is 2.58 bits per heavy atom. The normalized spacial score (nSPS) is 26.4. The van der Waals surface area contributed by atoms with Crippen LogP contribution >= 0.6 is 11.6 Å². The first-order valence-electron chi connectivity index (χ1n) is 6.36. The van der Waals surface area contributed by atoms with Crippen molar-refractivity contribution in [2.24, 2.45) is 0 Å². The molecule has 1 fully saturated rings. The Morgan fingerprint density at radius 2 is 2.11 bits per heavy atom. The summed E-state index contributed by atoms with van der Waals surface area (Å²) in [4.78, 5) is 12.8. The van der Waals surface area contributed by atoms with Crippen molar-refractivity contribution in [1.29, 1.82) is 0 Å². The standard InChI is InChI=1S/C14H18ClNO3/c1-14(19)8-2-3-12(14)16(9-13(17)18)11-6-4-10(15)5-7-11/h4-7,12,19H,2-3,8-9H2,1H3,(H,17,18). The molecule has 4 nitrogen and oxygen atoms in total. The molecule has 5 heteroatoms. The van der Waals surface area contributed by atoms with Gasteiger partial charge < -0.3 is 15.1 Å². The largest absolute Gasteiger partial charge is 0.480 e. The number of carboxylic acids is 1. The third-order valence-corrected chi connectivity index (χ3v) is 3.97. The van der Waals surface area contributed by atoms with Gasteiger partial charge in [0.1, 0.15) is 6.54 Å². The van der Waals surface area contributed by atoms with E-state index in [1.165, 1.54) is 0 Å². The van der Waals surface area contributed by atoms with Gasteiger partial charge in [-0.15, -0.1) is 0 Å². The lowest BCUT2D eigenvalue weighted by Crippen LogP contribution is -2.49. The molecule has 0 heterocycles. The molecular formula is C14H18ClNO3. The third kappa shape index (κ3) is 3.19. The van der Waals surface area contributed by atoms with E-state index in [2.05, 4.69) is 0 Å². The topological polar surface area (TPSA) is 60.8 Å². The molecule has 0 amide bonds. The molecule has 19 heavy (non-hydrogen) atoms. The number of benzene rings is 1. The molecular weight excluding hydrogens is 266 g/mol. The maximum Gasteiger partial charge on any atom is 0.323 e. The molecule has 1 aliphatic carbocycles. The number of aliphatic carboxylic acids is 1. The molecule has 0 aliphatic heterocycles. The zero-order valence-corrected chi connectivity index (χ0v) is 11.6. The zero-order chi connectivity index (χ0) is 14.0. The van der Waals surface area contributed by atoms with E-state index in [9.17, 15) is 9.90 Å². The fourth-order valence-electron chi connectivity index (χ4n) is 2.78. The SMILES string of the molecule is CC1(O)CCCC1N(CC(=O)O)c1ccc(Cl)cc1. The van der Waals surface area contributed by atoms with Crippen LogP contribution in [0.5, 0.6) is 0 Å². The number of carbonyl (C=O) groups is 1. The summed E-state index contributed by atoms with van der Waals surface area (Å²) in [6.45, 7) is 1.65.